The summed E-state index contributed by atoms with van der Waals surface area (Å²) >= 11 is 1.50. The van der Waals surface area contributed by atoms with Crippen molar-refractivity contribution in [3.05, 3.63) is 11.6 Å². The summed E-state index contributed by atoms with van der Waals surface area (Å²) < 4.78 is 5.64. The molecule has 4 heteroatoms. The molecule has 3 fully saturated rings. The summed E-state index contributed by atoms with van der Waals surface area (Å²) in [4.78, 5) is 11.6. The minimum absolute atomic E-state index is 0.0116. The summed E-state index contributed by atoms with van der Waals surface area (Å²) in [5, 5.41) is 12.5. The third-order valence-electron chi connectivity index (χ3n) is 10.8. The molecule has 0 aromatic carbocycles. The highest BCUT2D eigenvalue weighted by molar-refractivity contribution is 8.04. The number of ether oxygens (including phenoxy) is 1. The first-order chi connectivity index (χ1) is 16.1. The van der Waals surface area contributed by atoms with Gasteiger partial charge in [0.25, 0.3) is 0 Å². The van der Waals surface area contributed by atoms with Crippen LogP contribution >= 0.6 is 11.8 Å². The number of nitriles is 1. The largest absolute Gasteiger partial charge is 0.462 e. The topological polar surface area (TPSA) is 50.1 Å². The van der Waals surface area contributed by atoms with E-state index in [9.17, 15) is 10.1 Å². The summed E-state index contributed by atoms with van der Waals surface area (Å²) in [7, 11) is 0. The van der Waals surface area contributed by atoms with Crippen molar-refractivity contribution in [3.63, 3.8) is 0 Å². The van der Waals surface area contributed by atoms with Crippen molar-refractivity contribution in [2.75, 3.05) is 0 Å². The number of esters is 1. The minimum Gasteiger partial charge on any atom is -0.462 e. The summed E-state index contributed by atoms with van der Waals surface area (Å²) in [6.45, 7) is 13.9. The smallest absolute Gasteiger partial charge is 0.302 e. The van der Waals surface area contributed by atoms with Gasteiger partial charge in [0.1, 0.15) is 11.5 Å². The van der Waals surface area contributed by atoms with Crippen LogP contribution in [0.1, 0.15) is 106 Å². The van der Waals surface area contributed by atoms with E-state index in [1.54, 1.807) is 0 Å². The van der Waals surface area contributed by atoms with Crippen LogP contribution < -0.4 is 0 Å². The fraction of sp³-hybridized carbons (Fsp3) is 0.867. The molecule has 0 bridgehead atoms. The Morgan fingerprint density at radius 2 is 1.91 bits per heavy atom. The van der Waals surface area contributed by atoms with Gasteiger partial charge in [-0.3, -0.25) is 4.79 Å². The van der Waals surface area contributed by atoms with Gasteiger partial charge >= 0.3 is 5.97 Å². The minimum atomic E-state index is -0.168. The van der Waals surface area contributed by atoms with Crippen LogP contribution in [0.5, 0.6) is 0 Å². The molecule has 0 spiro atoms. The maximum atomic E-state index is 11.6. The molecule has 190 valence electrons. The van der Waals surface area contributed by atoms with Gasteiger partial charge in [-0.05, 0) is 96.6 Å². The van der Waals surface area contributed by atoms with Gasteiger partial charge in [-0.2, -0.15) is 5.26 Å². The number of hydrogen-bond donors (Lipinski definition) is 0. The average Bonchev–Trinajstić information content (AvgIpc) is 3.11. The van der Waals surface area contributed by atoms with Crippen LogP contribution in [-0.2, 0) is 9.53 Å². The molecule has 4 rings (SSSR count). The molecule has 34 heavy (non-hydrogen) atoms. The maximum Gasteiger partial charge on any atom is 0.302 e. The van der Waals surface area contributed by atoms with E-state index in [1.807, 2.05) is 0 Å². The summed E-state index contributed by atoms with van der Waals surface area (Å²) in [5.41, 5.74) is 2.10. The molecule has 4 aliphatic carbocycles. The Bertz CT molecular complexity index is 830. The lowest BCUT2D eigenvalue weighted by atomic mass is 9.46. The van der Waals surface area contributed by atoms with Crippen LogP contribution in [-0.4, -0.2) is 17.3 Å². The third kappa shape index (κ3) is 4.72. The number of nitrogens with zero attached hydrogens (tertiary/aromatic N) is 1. The molecule has 3 saturated carbocycles. The molecule has 0 saturated heterocycles. The van der Waals surface area contributed by atoms with E-state index in [2.05, 4.69) is 46.1 Å². The number of thiocyanates is 1. The second-order valence-electron chi connectivity index (χ2n) is 13.1. The van der Waals surface area contributed by atoms with Crippen LogP contribution in [0, 0.1) is 57.0 Å². The van der Waals surface area contributed by atoms with Crippen LogP contribution in [0.25, 0.3) is 0 Å². The zero-order valence-electron chi connectivity index (χ0n) is 22.4. The van der Waals surface area contributed by atoms with Crippen molar-refractivity contribution in [1.82, 2.24) is 0 Å². The lowest BCUT2D eigenvalue weighted by molar-refractivity contribution is -0.148. The predicted octanol–water partition coefficient (Wildman–Crippen LogP) is 8.15. The SMILES string of the molecule is CC(=O)O[C@H]1CC[C@@]2(C)C(=C[C@@H](SC#N)[C@@H]3[C@H]4CC[C@@H]([C@H](C)CCCC(C)C)[C@@]4(C)CC[C@H]32)C1. The van der Waals surface area contributed by atoms with Gasteiger partial charge in [0.05, 0.1) is 0 Å². The Morgan fingerprint density at radius 3 is 2.59 bits per heavy atom. The fourth-order valence-corrected chi connectivity index (χ4v) is 10.0. The Hall–Kier alpha value is -0.950. The van der Waals surface area contributed by atoms with E-state index in [0.717, 1.165) is 42.9 Å². The monoisotopic (exact) mass is 485 g/mol. The Balaban J connectivity index is 1.58. The molecule has 3 nitrogen and oxygen atoms in total. The third-order valence-corrected chi connectivity index (χ3v) is 11.6. The lowest BCUT2D eigenvalue weighted by Crippen LogP contribution is -2.54. The van der Waals surface area contributed by atoms with E-state index in [1.165, 1.54) is 69.2 Å². The Morgan fingerprint density at radius 1 is 1.15 bits per heavy atom. The Kier molecular flexibility index (Phi) is 7.83. The molecule has 0 unspecified atom stereocenters. The number of rotatable bonds is 7. The van der Waals surface area contributed by atoms with Crippen molar-refractivity contribution in [2.45, 2.75) is 117 Å². The quantitative estimate of drug-likeness (QED) is 0.207. The van der Waals surface area contributed by atoms with E-state index in [-0.39, 0.29) is 22.7 Å². The standard InChI is InChI=1S/C30H47NO2S/c1-19(2)8-7-9-20(3)24-10-11-25-28-26(13-15-30(24,25)6)29(5)14-12-23(33-21(4)32)16-22(29)17-27(28)34-18-31/h17,19-20,23-28H,7-16H2,1-6H3/t20-,23+,24+,25-,26-,27-,28-,29+,30-/m1/s1. The van der Waals surface area contributed by atoms with Crippen molar-refractivity contribution in [3.8, 4) is 5.40 Å². The van der Waals surface area contributed by atoms with E-state index in [4.69, 9.17) is 4.74 Å². The normalized spacial score (nSPS) is 42.1. The lowest BCUT2D eigenvalue weighted by Gasteiger charge is -2.60. The van der Waals surface area contributed by atoms with Gasteiger partial charge in [-0.25, -0.2) is 0 Å². The van der Waals surface area contributed by atoms with E-state index >= 15 is 0 Å². The van der Waals surface area contributed by atoms with Gasteiger partial charge < -0.3 is 4.74 Å². The van der Waals surface area contributed by atoms with E-state index in [0.29, 0.717) is 17.3 Å². The number of carbonyl (C=O) groups is 1. The van der Waals surface area contributed by atoms with E-state index < -0.39 is 0 Å². The molecular formula is C30H47NO2S. The molecular weight excluding hydrogens is 438 g/mol. The highest BCUT2D eigenvalue weighted by Gasteiger charge is 2.61. The molecule has 0 N–H and O–H groups in total. The van der Waals surface area contributed by atoms with Crippen LogP contribution in [0.3, 0.4) is 0 Å². The van der Waals surface area contributed by atoms with Gasteiger partial charge in [0.15, 0.2) is 0 Å². The number of fused-ring (bicyclic) bond motifs is 5. The molecule has 4 aliphatic rings. The van der Waals surface area contributed by atoms with Crippen molar-refractivity contribution < 1.29 is 9.53 Å². The summed E-state index contributed by atoms with van der Waals surface area (Å²) in [6.07, 6.45) is 14.9. The average molecular weight is 486 g/mol. The first-order valence-corrected chi connectivity index (χ1v) is 14.9. The molecule has 0 aromatic heterocycles. The van der Waals surface area contributed by atoms with Crippen LogP contribution in [0.2, 0.25) is 0 Å². The number of thioether (sulfide) groups is 1. The summed E-state index contributed by atoms with van der Waals surface area (Å²) in [6, 6.07) is 0. The zero-order chi connectivity index (χ0) is 24.7. The second-order valence-corrected chi connectivity index (χ2v) is 14.0. The highest BCUT2D eigenvalue weighted by atomic mass is 32.2. The van der Waals surface area contributed by atoms with Crippen molar-refractivity contribution >= 4 is 17.7 Å². The number of carbonyl (C=O) groups excluding carboxylic acids is 1. The molecule has 0 aromatic rings. The van der Waals surface area contributed by atoms with Gasteiger partial charge in [0.2, 0.25) is 0 Å². The molecule has 9 atom stereocenters. The Labute approximate surface area is 212 Å². The first-order valence-electron chi connectivity index (χ1n) is 14.0. The zero-order valence-corrected chi connectivity index (χ0v) is 23.3. The first kappa shape index (κ1) is 26.1. The van der Waals surface area contributed by atoms with Crippen LogP contribution in [0.4, 0.5) is 0 Å². The highest BCUT2D eigenvalue weighted by Crippen LogP contribution is 2.68. The fourth-order valence-electron chi connectivity index (χ4n) is 9.12. The molecule has 0 aliphatic heterocycles. The number of hydrogen-bond acceptors (Lipinski definition) is 4. The molecule has 0 radical (unpaired) electrons. The van der Waals surface area contributed by atoms with Crippen LogP contribution in [0.15, 0.2) is 11.6 Å². The van der Waals surface area contributed by atoms with Crippen molar-refractivity contribution in [1.29, 1.82) is 5.26 Å². The predicted molar refractivity (Wildman–Crippen MR) is 141 cm³/mol. The summed E-state index contributed by atoms with van der Waals surface area (Å²) in [5.74, 6) is 4.26. The van der Waals surface area contributed by atoms with Gasteiger partial charge in [0, 0.05) is 18.6 Å². The van der Waals surface area contributed by atoms with Gasteiger partial charge in [-0.15, -0.1) is 0 Å². The molecule has 0 heterocycles. The maximum absolute atomic E-state index is 11.6. The van der Waals surface area contributed by atoms with Crippen molar-refractivity contribution in [2.24, 2.45) is 46.3 Å². The second kappa shape index (κ2) is 10.2. The molecule has 0 amide bonds. The van der Waals surface area contributed by atoms with Gasteiger partial charge in [-0.1, -0.05) is 65.5 Å².